The molecule has 2 heterocycles. The predicted octanol–water partition coefficient (Wildman–Crippen LogP) is 5.81. The van der Waals surface area contributed by atoms with Crippen molar-refractivity contribution in [3.8, 4) is 5.75 Å². The Balaban J connectivity index is 1.38. The minimum atomic E-state index is -0.846. The summed E-state index contributed by atoms with van der Waals surface area (Å²) in [7, 11) is 1.65. The van der Waals surface area contributed by atoms with Crippen molar-refractivity contribution in [2.24, 2.45) is 0 Å². The highest BCUT2D eigenvalue weighted by Crippen LogP contribution is 2.35. The van der Waals surface area contributed by atoms with Crippen molar-refractivity contribution in [3.63, 3.8) is 0 Å². The van der Waals surface area contributed by atoms with Crippen LogP contribution in [0.25, 0.3) is 0 Å². The summed E-state index contributed by atoms with van der Waals surface area (Å²) in [5.41, 5.74) is 1.88. The second kappa shape index (κ2) is 11.1. The van der Waals surface area contributed by atoms with E-state index in [0.29, 0.717) is 54.3 Å². The molecule has 3 aromatic rings. The molecule has 4 rings (SSSR count). The summed E-state index contributed by atoms with van der Waals surface area (Å²) in [6, 6.07) is 11.2. The molecule has 0 spiro atoms. The van der Waals surface area contributed by atoms with E-state index in [2.05, 4.69) is 4.98 Å². The van der Waals surface area contributed by atoms with Gasteiger partial charge in [0.25, 0.3) is 0 Å². The maximum atomic E-state index is 6.39. The zero-order valence-corrected chi connectivity index (χ0v) is 20.4. The van der Waals surface area contributed by atoms with Gasteiger partial charge in [0, 0.05) is 33.9 Å². The minimum absolute atomic E-state index is 0.192. The van der Waals surface area contributed by atoms with Gasteiger partial charge in [-0.05, 0) is 41.8 Å². The van der Waals surface area contributed by atoms with Crippen molar-refractivity contribution in [3.05, 3.63) is 81.3 Å². The number of hydrogen-bond acceptors (Lipinski definition) is 5. The molecule has 1 aliphatic rings. The van der Waals surface area contributed by atoms with Gasteiger partial charge in [-0.2, -0.15) is 0 Å². The van der Waals surface area contributed by atoms with Crippen LogP contribution in [0.1, 0.15) is 17.5 Å². The lowest BCUT2D eigenvalue weighted by Gasteiger charge is -2.29. The molecule has 2 atom stereocenters. The van der Waals surface area contributed by atoms with Crippen LogP contribution in [0.3, 0.4) is 0 Å². The molecule has 9 heteroatoms. The monoisotopic (exact) mass is 510 g/mol. The molecule has 33 heavy (non-hydrogen) atoms. The van der Waals surface area contributed by atoms with Gasteiger partial charge in [-0.3, -0.25) is 0 Å². The molecule has 0 amide bonds. The lowest BCUT2D eigenvalue weighted by Crippen LogP contribution is -2.37. The standard InChI is InChI=1S/C24H25Cl3N2O4/c1-30-19-4-2-17(3-5-19)12-31-13-20-14-32-24(33-20,15-29-9-8-28-16-29)7-6-21-22(26)10-18(25)11-23(21)27/h2-5,8-11,16,20H,6-7,12-15H2,1H3. The molecule has 1 aromatic heterocycles. The lowest BCUT2D eigenvalue weighted by atomic mass is 10.0. The first-order chi connectivity index (χ1) is 16.0. The van der Waals surface area contributed by atoms with E-state index >= 15 is 0 Å². The summed E-state index contributed by atoms with van der Waals surface area (Å²) in [6.45, 7) is 1.82. The number of aromatic nitrogens is 2. The molecule has 2 unspecified atom stereocenters. The van der Waals surface area contributed by atoms with E-state index < -0.39 is 5.79 Å². The van der Waals surface area contributed by atoms with E-state index in [0.717, 1.165) is 16.9 Å². The Morgan fingerprint density at radius 2 is 1.91 bits per heavy atom. The van der Waals surface area contributed by atoms with Gasteiger partial charge in [0.15, 0.2) is 5.79 Å². The fourth-order valence-corrected chi connectivity index (χ4v) is 4.81. The summed E-state index contributed by atoms with van der Waals surface area (Å²) in [4.78, 5) is 4.13. The third kappa shape index (κ3) is 6.41. The van der Waals surface area contributed by atoms with E-state index in [1.807, 2.05) is 35.0 Å². The second-order valence-corrected chi connectivity index (χ2v) is 9.16. The molecular weight excluding hydrogens is 487 g/mol. The first kappa shape index (κ1) is 24.3. The van der Waals surface area contributed by atoms with Gasteiger partial charge in [0.2, 0.25) is 0 Å². The van der Waals surface area contributed by atoms with E-state index in [1.165, 1.54) is 0 Å². The summed E-state index contributed by atoms with van der Waals surface area (Å²) < 4.78 is 25.6. The van der Waals surface area contributed by atoms with Crippen LogP contribution in [0.15, 0.2) is 55.1 Å². The molecule has 0 bridgehead atoms. The van der Waals surface area contributed by atoms with Crippen molar-refractivity contribution >= 4 is 34.8 Å². The van der Waals surface area contributed by atoms with E-state index in [9.17, 15) is 0 Å². The number of ether oxygens (including phenoxy) is 4. The molecule has 176 valence electrons. The van der Waals surface area contributed by atoms with Crippen LogP contribution in [0.2, 0.25) is 15.1 Å². The fourth-order valence-electron chi connectivity index (χ4n) is 3.81. The Morgan fingerprint density at radius 1 is 1.15 bits per heavy atom. The Morgan fingerprint density at radius 3 is 2.58 bits per heavy atom. The minimum Gasteiger partial charge on any atom is -0.497 e. The van der Waals surface area contributed by atoms with Gasteiger partial charge in [0.1, 0.15) is 11.9 Å². The molecular formula is C24H25Cl3N2O4. The summed E-state index contributed by atoms with van der Waals surface area (Å²) in [6.07, 6.45) is 6.28. The third-order valence-electron chi connectivity index (χ3n) is 5.49. The number of hydrogen-bond donors (Lipinski definition) is 0. The molecule has 0 saturated carbocycles. The number of nitrogens with zero attached hydrogens (tertiary/aromatic N) is 2. The van der Waals surface area contributed by atoms with E-state index in [-0.39, 0.29) is 6.10 Å². The highest BCUT2D eigenvalue weighted by molar-refractivity contribution is 6.39. The van der Waals surface area contributed by atoms with E-state index in [4.69, 9.17) is 53.8 Å². The van der Waals surface area contributed by atoms with Crippen LogP contribution in [0.4, 0.5) is 0 Å². The highest BCUT2D eigenvalue weighted by Gasteiger charge is 2.42. The van der Waals surface area contributed by atoms with Crippen molar-refractivity contribution in [1.82, 2.24) is 9.55 Å². The number of halogens is 3. The zero-order chi connectivity index (χ0) is 23.3. The maximum Gasteiger partial charge on any atom is 0.187 e. The van der Waals surface area contributed by atoms with Crippen LogP contribution < -0.4 is 4.74 Å². The first-order valence-electron chi connectivity index (χ1n) is 10.6. The average Bonchev–Trinajstić information content (AvgIpc) is 3.44. The maximum absolute atomic E-state index is 6.39. The van der Waals surface area contributed by atoms with Gasteiger partial charge >= 0.3 is 0 Å². The molecule has 0 radical (unpaired) electrons. The molecule has 1 fully saturated rings. The molecule has 2 aromatic carbocycles. The van der Waals surface area contributed by atoms with Crippen LogP contribution in [0.5, 0.6) is 5.75 Å². The van der Waals surface area contributed by atoms with Gasteiger partial charge < -0.3 is 23.5 Å². The summed E-state index contributed by atoms with van der Waals surface area (Å²) >= 11 is 18.8. The lowest BCUT2D eigenvalue weighted by molar-refractivity contribution is -0.187. The molecule has 1 saturated heterocycles. The Kier molecular flexibility index (Phi) is 8.17. The predicted molar refractivity (Wildman–Crippen MR) is 128 cm³/mol. The first-order valence-corrected chi connectivity index (χ1v) is 11.7. The number of imidazole rings is 1. The summed E-state index contributed by atoms with van der Waals surface area (Å²) in [5, 5.41) is 1.56. The molecule has 1 aliphatic heterocycles. The topological polar surface area (TPSA) is 54.7 Å². The normalized spacial score (nSPS) is 20.3. The number of methoxy groups -OCH3 is 1. The SMILES string of the molecule is COc1ccc(COCC2COC(CCc3c(Cl)cc(Cl)cc3Cl)(Cn3ccnc3)O2)cc1. The van der Waals surface area contributed by atoms with Gasteiger partial charge in [-0.15, -0.1) is 0 Å². The second-order valence-electron chi connectivity index (χ2n) is 7.91. The Bertz CT molecular complexity index is 1020. The third-order valence-corrected chi connectivity index (χ3v) is 6.38. The van der Waals surface area contributed by atoms with E-state index in [1.54, 1.807) is 31.8 Å². The number of benzene rings is 2. The van der Waals surface area contributed by atoms with Gasteiger partial charge in [-0.1, -0.05) is 46.9 Å². The Labute approximate surface area is 208 Å². The van der Waals surface area contributed by atoms with Crippen molar-refractivity contribution in [2.45, 2.75) is 37.9 Å². The molecule has 0 N–H and O–H groups in total. The van der Waals surface area contributed by atoms with Crippen LogP contribution in [0, 0.1) is 0 Å². The van der Waals surface area contributed by atoms with Crippen molar-refractivity contribution in [2.75, 3.05) is 20.3 Å². The van der Waals surface area contributed by atoms with Crippen molar-refractivity contribution < 1.29 is 18.9 Å². The van der Waals surface area contributed by atoms with Crippen LogP contribution in [-0.2, 0) is 33.8 Å². The zero-order valence-electron chi connectivity index (χ0n) is 18.2. The van der Waals surface area contributed by atoms with Crippen molar-refractivity contribution in [1.29, 1.82) is 0 Å². The quantitative estimate of drug-likeness (QED) is 0.344. The Hall–Kier alpha value is -1.80. The largest absolute Gasteiger partial charge is 0.497 e. The smallest absolute Gasteiger partial charge is 0.187 e. The highest BCUT2D eigenvalue weighted by atomic mass is 35.5. The molecule has 6 nitrogen and oxygen atoms in total. The summed E-state index contributed by atoms with van der Waals surface area (Å²) in [5.74, 6) is -0.0299. The fraction of sp³-hybridized carbons (Fsp3) is 0.375. The van der Waals surface area contributed by atoms with Crippen LogP contribution >= 0.6 is 34.8 Å². The average molecular weight is 512 g/mol. The molecule has 0 aliphatic carbocycles. The van der Waals surface area contributed by atoms with Crippen LogP contribution in [-0.4, -0.2) is 41.8 Å². The number of rotatable bonds is 10. The van der Waals surface area contributed by atoms with Gasteiger partial charge in [-0.25, -0.2) is 4.98 Å². The van der Waals surface area contributed by atoms with Gasteiger partial charge in [0.05, 0.1) is 39.8 Å².